The van der Waals surface area contributed by atoms with Crippen LogP contribution in [0.25, 0.3) is 11.6 Å². The van der Waals surface area contributed by atoms with Crippen LogP contribution in [-0.4, -0.2) is 29.2 Å². The molecule has 2 rings (SSSR count). The van der Waals surface area contributed by atoms with Gasteiger partial charge >= 0.3 is 23.3 Å². The maximum Gasteiger partial charge on any atom is 0.384 e. The summed E-state index contributed by atoms with van der Waals surface area (Å²) in [7, 11) is 0. The summed E-state index contributed by atoms with van der Waals surface area (Å²) in [6.45, 7) is 0. The minimum absolute atomic E-state index is 0.155. The van der Waals surface area contributed by atoms with Crippen molar-refractivity contribution in [3.8, 4) is 11.6 Å². The number of hydrogen-bond acceptors (Lipinski definition) is 8. The maximum atomic E-state index is 10.5. The summed E-state index contributed by atoms with van der Waals surface area (Å²) < 4.78 is 1.63. The van der Waals surface area contributed by atoms with Gasteiger partial charge in [0.1, 0.15) is 12.4 Å². The second-order valence-corrected chi connectivity index (χ2v) is 3.17. The zero-order chi connectivity index (χ0) is 13.4. The molecule has 0 saturated heterocycles. The average molecular weight is 254 g/mol. The molecule has 0 unspecified atom stereocenters. The lowest BCUT2D eigenvalue weighted by Gasteiger charge is -1.91. The van der Waals surface area contributed by atoms with Crippen molar-refractivity contribution in [1.29, 1.82) is 0 Å². The molecule has 0 aromatic carbocycles. The quantitative estimate of drug-likeness (QED) is 0.397. The summed E-state index contributed by atoms with van der Waals surface area (Å²) in [6, 6.07) is 0. The summed E-state index contributed by atoms with van der Waals surface area (Å²) in [5.41, 5.74) is 0. The fourth-order valence-electron chi connectivity index (χ4n) is 1.27. The van der Waals surface area contributed by atoms with Crippen molar-refractivity contribution in [2.75, 3.05) is 11.7 Å². The monoisotopic (exact) mass is 254 g/mol. The highest BCUT2D eigenvalue weighted by Gasteiger charge is 2.29. The fourth-order valence-corrected chi connectivity index (χ4v) is 1.27. The van der Waals surface area contributed by atoms with Crippen LogP contribution in [0, 0.1) is 20.2 Å². The molecular formula is C6H6N8O4. The van der Waals surface area contributed by atoms with E-state index in [1.807, 2.05) is 0 Å². The van der Waals surface area contributed by atoms with Crippen LogP contribution in [0.1, 0.15) is 0 Å². The van der Waals surface area contributed by atoms with Crippen molar-refractivity contribution >= 4 is 11.6 Å². The Balaban J connectivity index is 2.54. The highest BCUT2D eigenvalue weighted by atomic mass is 16.6. The molecular weight excluding hydrogens is 248 g/mol. The van der Waals surface area contributed by atoms with Crippen LogP contribution in [0.4, 0.5) is 11.6 Å². The minimum Gasteiger partial charge on any atom is -0.358 e. The smallest absolute Gasteiger partial charge is 0.358 e. The lowest BCUT2D eigenvalue weighted by Crippen LogP contribution is -2.14. The lowest BCUT2D eigenvalue weighted by atomic mass is 10.6. The zero-order valence-corrected chi connectivity index (χ0v) is 8.63. The van der Waals surface area contributed by atoms with Crippen LogP contribution in [0.3, 0.4) is 0 Å². The van der Waals surface area contributed by atoms with Crippen LogP contribution in [0.15, 0.2) is 12.4 Å². The van der Waals surface area contributed by atoms with E-state index in [4.69, 9.17) is 11.7 Å². The van der Waals surface area contributed by atoms with Gasteiger partial charge in [-0.15, -0.1) is 0 Å². The molecule has 0 spiro atoms. The normalized spacial score (nSPS) is 10.4. The Labute approximate surface area is 97.7 Å². The zero-order valence-electron chi connectivity index (χ0n) is 8.63. The molecule has 0 radical (unpaired) electrons. The van der Waals surface area contributed by atoms with Crippen LogP contribution >= 0.6 is 0 Å². The summed E-state index contributed by atoms with van der Waals surface area (Å²) >= 11 is 0. The topological polar surface area (TPSA) is 174 Å². The van der Waals surface area contributed by atoms with E-state index in [-0.39, 0.29) is 11.6 Å². The molecule has 12 heteroatoms. The number of hydrogen-bond donors (Lipinski definition) is 2. The average Bonchev–Trinajstić information content (AvgIpc) is 2.82. The van der Waals surface area contributed by atoms with Gasteiger partial charge in [0, 0.05) is 0 Å². The van der Waals surface area contributed by atoms with Crippen LogP contribution < -0.4 is 11.7 Å². The van der Waals surface area contributed by atoms with E-state index in [0.29, 0.717) is 0 Å². The maximum absolute atomic E-state index is 10.5. The first kappa shape index (κ1) is 11.3. The number of nitrogens with zero attached hydrogens (tertiary/aromatic N) is 6. The Bertz CT molecular complexity index is 586. The van der Waals surface area contributed by atoms with Gasteiger partial charge in [0.05, 0.1) is 0 Å². The number of nitro groups is 2. The molecule has 0 aliphatic heterocycles. The Morgan fingerprint density at radius 3 is 1.50 bits per heavy atom. The Kier molecular flexibility index (Phi) is 2.32. The summed E-state index contributed by atoms with van der Waals surface area (Å²) in [5.74, 6) is 9.53. The molecule has 4 N–H and O–H groups in total. The van der Waals surface area contributed by atoms with Gasteiger partial charge in [-0.25, -0.2) is 9.35 Å². The SMILES string of the molecule is Nn1cc([N+](=O)[O-])nc1-c1nc([N+](=O)[O-])cn1N. The van der Waals surface area contributed by atoms with Gasteiger partial charge in [-0.2, -0.15) is 0 Å². The number of aromatic nitrogens is 4. The van der Waals surface area contributed by atoms with Gasteiger partial charge in [-0.3, -0.25) is 0 Å². The van der Waals surface area contributed by atoms with E-state index in [1.165, 1.54) is 0 Å². The molecule has 2 heterocycles. The second kappa shape index (κ2) is 3.69. The van der Waals surface area contributed by atoms with Gasteiger partial charge in [-0.05, 0) is 19.8 Å². The lowest BCUT2D eigenvalue weighted by molar-refractivity contribution is -0.389. The van der Waals surface area contributed by atoms with Crippen molar-refractivity contribution in [2.45, 2.75) is 0 Å². The fraction of sp³-hybridized carbons (Fsp3) is 0. The largest absolute Gasteiger partial charge is 0.384 e. The highest BCUT2D eigenvalue weighted by molar-refractivity contribution is 5.50. The van der Waals surface area contributed by atoms with Crippen LogP contribution in [-0.2, 0) is 0 Å². The van der Waals surface area contributed by atoms with E-state index in [0.717, 1.165) is 21.7 Å². The van der Waals surface area contributed by atoms with E-state index in [2.05, 4.69) is 9.97 Å². The summed E-state index contributed by atoms with van der Waals surface area (Å²) in [4.78, 5) is 26.6. The number of nitrogens with two attached hydrogens (primary N) is 2. The first-order chi connectivity index (χ1) is 8.40. The third-order valence-electron chi connectivity index (χ3n) is 2.01. The molecule has 18 heavy (non-hydrogen) atoms. The minimum atomic E-state index is -0.759. The van der Waals surface area contributed by atoms with Gasteiger partial charge in [0.2, 0.25) is 0 Å². The van der Waals surface area contributed by atoms with Crippen molar-refractivity contribution in [1.82, 2.24) is 19.3 Å². The summed E-state index contributed by atoms with van der Waals surface area (Å²) in [5, 5.41) is 21.0. The van der Waals surface area contributed by atoms with Gasteiger partial charge in [0.25, 0.3) is 0 Å². The standard InChI is InChI=1S/C6H6N8O4/c7-11-1-3(13(15)16)9-5(11)6-10-4(14(17)18)2-12(6)8/h1-2H,7-8H2. The Morgan fingerprint density at radius 1 is 0.944 bits per heavy atom. The first-order valence-electron chi connectivity index (χ1n) is 4.38. The van der Waals surface area contributed by atoms with Gasteiger partial charge in [-0.1, -0.05) is 0 Å². The molecule has 0 amide bonds. The number of imidazole rings is 2. The third-order valence-corrected chi connectivity index (χ3v) is 2.01. The summed E-state index contributed by atoms with van der Waals surface area (Å²) in [6.07, 6.45) is 1.88. The number of nitrogen functional groups attached to an aromatic ring is 2. The molecule has 0 aliphatic rings. The molecule has 0 fully saturated rings. The molecule has 0 bridgehead atoms. The van der Waals surface area contributed by atoms with Crippen LogP contribution in [0.5, 0.6) is 0 Å². The van der Waals surface area contributed by atoms with E-state index >= 15 is 0 Å². The van der Waals surface area contributed by atoms with E-state index < -0.39 is 21.5 Å². The Morgan fingerprint density at radius 2 is 1.28 bits per heavy atom. The van der Waals surface area contributed by atoms with E-state index in [1.54, 1.807) is 0 Å². The second-order valence-electron chi connectivity index (χ2n) is 3.17. The van der Waals surface area contributed by atoms with Gasteiger partial charge in [0.15, 0.2) is 0 Å². The van der Waals surface area contributed by atoms with Crippen molar-refractivity contribution in [2.24, 2.45) is 0 Å². The predicted octanol–water partition coefficient (Wildman–Crippen LogP) is -1.01. The molecule has 0 atom stereocenters. The van der Waals surface area contributed by atoms with Crippen molar-refractivity contribution in [3.05, 3.63) is 32.6 Å². The highest BCUT2D eigenvalue weighted by Crippen LogP contribution is 2.21. The molecule has 0 aliphatic carbocycles. The van der Waals surface area contributed by atoms with Crippen molar-refractivity contribution < 1.29 is 9.85 Å². The molecule has 2 aromatic rings. The van der Waals surface area contributed by atoms with Gasteiger partial charge < -0.3 is 31.9 Å². The van der Waals surface area contributed by atoms with E-state index in [9.17, 15) is 20.2 Å². The predicted molar refractivity (Wildman–Crippen MR) is 57.1 cm³/mol. The van der Waals surface area contributed by atoms with Crippen molar-refractivity contribution in [3.63, 3.8) is 0 Å². The number of rotatable bonds is 3. The molecule has 2 aromatic heterocycles. The first-order valence-corrected chi connectivity index (χ1v) is 4.38. The molecule has 94 valence electrons. The van der Waals surface area contributed by atoms with Crippen LogP contribution in [0.2, 0.25) is 0 Å². The Hall–Kier alpha value is -3.18. The third kappa shape index (κ3) is 1.66. The molecule has 0 saturated carbocycles. The molecule has 12 nitrogen and oxygen atoms in total.